The van der Waals surface area contributed by atoms with Crippen LogP contribution in [0.2, 0.25) is 0 Å². The molecule has 0 atom stereocenters. The zero-order chi connectivity index (χ0) is 8.32. The normalized spacial score (nSPS) is 11.9. The summed E-state index contributed by atoms with van der Waals surface area (Å²) in [5.74, 6) is 0. The van der Waals surface area contributed by atoms with E-state index in [4.69, 9.17) is 10.2 Å². The van der Waals surface area contributed by atoms with Gasteiger partial charge in [0.1, 0.15) is 0 Å². The van der Waals surface area contributed by atoms with Gasteiger partial charge >= 0.3 is 0 Å². The number of aliphatic hydroxyl groups excluding tert-OH is 2. The lowest BCUT2D eigenvalue weighted by Gasteiger charge is -2.22. The third kappa shape index (κ3) is 1.41. The first kappa shape index (κ1) is 8.23. The summed E-state index contributed by atoms with van der Waals surface area (Å²) in [7, 11) is 0. The van der Waals surface area contributed by atoms with Crippen molar-refractivity contribution in [3.05, 3.63) is 18.0 Å². The van der Waals surface area contributed by atoms with Crippen LogP contribution in [0.25, 0.3) is 0 Å². The van der Waals surface area contributed by atoms with Crippen LogP contribution in [0.3, 0.4) is 0 Å². The topological polar surface area (TPSA) is 69.1 Å². The molecule has 0 aliphatic rings. The minimum Gasteiger partial charge on any atom is -0.395 e. The predicted octanol–water partition coefficient (Wildman–Crippen LogP) is -0.348. The molecule has 1 heterocycles. The lowest BCUT2D eigenvalue weighted by molar-refractivity contribution is 0.126. The standard InChI is InChI=1S/C7H12N2O2/c1-7(4-10,5-11)6-2-3-8-9-6/h2-3,10-11H,4-5H2,1H3,(H,8,9). The minimum absolute atomic E-state index is 0.0916. The first-order valence-corrected chi connectivity index (χ1v) is 3.44. The number of nitrogens with one attached hydrogen (secondary N) is 1. The molecule has 4 nitrogen and oxygen atoms in total. The molecule has 1 aromatic rings. The summed E-state index contributed by atoms with van der Waals surface area (Å²) >= 11 is 0. The predicted molar refractivity (Wildman–Crippen MR) is 40.1 cm³/mol. The molecule has 3 N–H and O–H groups in total. The third-order valence-electron chi connectivity index (χ3n) is 1.85. The van der Waals surface area contributed by atoms with Crippen LogP contribution in [0.5, 0.6) is 0 Å². The van der Waals surface area contributed by atoms with Gasteiger partial charge in [0.25, 0.3) is 0 Å². The zero-order valence-electron chi connectivity index (χ0n) is 6.41. The molecule has 62 valence electrons. The quantitative estimate of drug-likeness (QED) is 0.560. The molecule has 0 aliphatic carbocycles. The number of H-pyrrole nitrogens is 1. The molecule has 0 spiro atoms. The molecule has 0 amide bonds. The Balaban J connectivity index is 2.87. The van der Waals surface area contributed by atoms with Crippen molar-refractivity contribution >= 4 is 0 Å². The van der Waals surface area contributed by atoms with Crippen LogP contribution in [-0.2, 0) is 5.41 Å². The Morgan fingerprint density at radius 2 is 2.18 bits per heavy atom. The largest absolute Gasteiger partial charge is 0.395 e. The van der Waals surface area contributed by atoms with Gasteiger partial charge in [0.05, 0.1) is 18.6 Å². The Kier molecular flexibility index (Phi) is 2.26. The molecule has 0 aromatic carbocycles. The molecule has 0 aliphatic heterocycles. The Hall–Kier alpha value is -0.870. The van der Waals surface area contributed by atoms with Gasteiger partial charge in [-0.3, -0.25) is 5.10 Å². The molecule has 1 aromatic heterocycles. The number of aromatic nitrogens is 2. The van der Waals surface area contributed by atoms with E-state index in [1.807, 2.05) is 0 Å². The molecule has 0 bridgehead atoms. The van der Waals surface area contributed by atoms with Crippen LogP contribution in [0.1, 0.15) is 12.6 Å². The third-order valence-corrected chi connectivity index (χ3v) is 1.85. The number of hydrogen-bond donors (Lipinski definition) is 3. The van der Waals surface area contributed by atoms with Gasteiger partial charge in [-0.15, -0.1) is 0 Å². The van der Waals surface area contributed by atoms with Crippen molar-refractivity contribution in [3.8, 4) is 0 Å². The first-order chi connectivity index (χ1) is 5.23. The van der Waals surface area contributed by atoms with E-state index in [0.717, 1.165) is 5.69 Å². The fraction of sp³-hybridized carbons (Fsp3) is 0.571. The van der Waals surface area contributed by atoms with Crippen molar-refractivity contribution < 1.29 is 10.2 Å². The van der Waals surface area contributed by atoms with Gasteiger partial charge < -0.3 is 10.2 Å². The average molecular weight is 156 g/mol. The van der Waals surface area contributed by atoms with E-state index in [9.17, 15) is 0 Å². The van der Waals surface area contributed by atoms with E-state index < -0.39 is 5.41 Å². The maximum atomic E-state index is 8.95. The van der Waals surface area contributed by atoms with Crippen LogP contribution in [0, 0.1) is 0 Å². The Morgan fingerprint density at radius 3 is 2.55 bits per heavy atom. The van der Waals surface area contributed by atoms with E-state index >= 15 is 0 Å². The lowest BCUT2D eigenvalue weighted by Crippen LogP contribution is -2.31. The number of rotatable bonds is 3. The molecule has 0 saturated heterocycles. The van der Waals surface area contributed by atoms with Gasteiger partial charge in [-0.2, -0.15) is 5.10 Å². The molecule has 4 heteroatoms. The molecule has 0 saturated carbocycles. The molecule has 0 fully saturated rings. The second-order valence-corrected chi connectivity index (χ2v) is 2.85. The van der Waals surface area contributed by atoms with Crippen molar-refractivity contribution in [2.45, 2.75) is 12.3 Å². The van der Waals surface area contributed by atoms with E-state index in [-0.39, 0.29) is 13.2 Å². The maximum absolute atomic E-state index is 8.95. The van der Waals surface area contributed by atoms with Crippen LogP contribution in [0.15, 0.2) is 12.3 Å². The molecule has 0 unspecified atom stereocenters. The van der Waals surface area contributed by atoms with Crippen LogP contribution < -0.4 is 0 Å². The summed E-state index contributed by atoms with van der Waals surface area (Å²) in [4.78, 5) is 0. The highest BCUT2D eigenvalue weighted by molar-refractivity contribution is 5.13. The number of nitrogens with zero attached hydrogens (tertiary/aromatic N) is 1. The fourth-order valence-electron chi connectivity index (χ4n) is 0.812. The van der Waals surface area contributed by atoms with Gasteiger partial charge in [0.2, 0.25) is 0 Å². The van der Waals surface area contributed by atoms with E-state index in [0.29, 0.717) is 0 Å². The number of hydrogen-bond acceptors (Lipinski definition) is 3. The second kappa shape index (κ2) is 3.02. The van der Waals surface area contributed by atoms with Crippen molar-refractivity contribution in [3.63, 3.8) is 0 Å². The van der Waals surface area contributed by atoms with Gasteiger partial charge in [-0.05, 0) is 13.0 Å². The summed E-state index contributed by atoms with van der Waals surface area (Å²) in [6, 6.07) is 1.74. The van der Waals surface area contributed by atoms with Gasteiger partial charge in [0.15, 0.2) is 0 Å². The van der Waals surface area contributed by atoms with Crippen LogP contribution in [0.4, 0.5) is 0 Å². The molecular weight excluding hydrogens is 144 g/mol. The molecular formula is C7H12N2O2. The summed E-state index contributed by atoms with van der Waals surface area (Å²) in [6.45, 7) is 1.58. The van der Waals surface area contributed by atoms with Crippen molar-refractivity contribution in [2.75, 3.05) is 13.2 Å². The molecule has 0 radical (unpaired) electrons. The minimum atomic E-state index is -0.601. The number of aromatic amines is 1. The summed E-state index contributed by atoms with van der Waals surface area (Å²) < 4.78 is 0. The highest BCUT2D eigenvalue weighted by Gasteiger charge is 2.25. The van der Waals surface area contributed by atoms with Crippen molar-refractivity contribution in [1.82, 2.24) is 10.2 Å². The highest BCUT2D eigenvalue weighted by Crippen LogP contribution is 2.19. The second-order valence-electron chi connectivity index (χ2n) is 2.85. The number of aliphatic hydroxyl groups is 2. The average Bonchev–Trinajstić information content (AvgIpc) is 2.55. The summed E-state index contributed by atoms with van der Waals surface area (Å²) in [6.07, 6.45) is 1.60. The molecule has 1 rings (SSSR count). The van der Waals surface area contributed by atoms with Gasteiger partial charge in [-0.25, -0.2) is 0 Å². The van der Waals surface area contributed by atoms with Crippen molar-refractivity contribution in [2.24, 2.45) is 0 Å². The molecule has 11 heavy (non-hydrogen) atoms. The monoisotopic (exact) mass is 156 g/mol. The zero-order valence-corrected chi connectivity index (χ0v) is 6.41. The maximum Gasteiger partial charge on any atom is 0.0562 e. The first-order valence-electron chi connectivity index (χ1n) is 3.44. The van der Waals surface area contributed by atoms with E-state index in [1.54, 1.807) is 19.2 Å². The Bertz CT molecular complexity index is 204. The Morgan fingerprint density at radius 1 is 1.55 bits per heavy atom. The van der Waals surface area contributed by atoms with E-state index in [1.165, 1.54) is 0 Å². The summed E-state index contributed by atoms with van der Waals surface area (Å²) in [5.41, 5.74) is 0.152. The fourth-order valence-corrected chi connectivity index (χ4v) is 0.812. The van der Waals surface area contributed by atoms with Crippen LogP contribution >= 0.6 is 0 Å². The smallest absolute Gasteiger partial charge is 0.0562 e. The van der Waals surface area contributed by atoms with E-state index in [2.05, 4.69) is 10.2 Å². The Labute approximate surface area is 64.9 Å². The lowest BCUT2D eigenvalue weighted by atomic mass is 9.89. The van der Waals surface area contributed by atoms with Crippen molar-refractivity contribution in [1.29, 1.82) is 0 Å². The van der Waals surface area contributed by atoms with Gasteiger partial charge in [0, 0.05) is 11.9 Å². The highest BCUT2D eigenvalue weighted by atomic mass is 16.3. The van der Waals surface area contributed by atoms with Crippen LogP contribution in [-0.4, -0.2) is 33.6 Å². The SMILES string of the molecule is CC(CO)(CO)c1ccn[nH]1. The van der Waals surface area contributed by atoms with Gasteiger partial charge in [-0.1, -0.05) is 0 Å². The summed E-state index contributed by atoms with van der Waals surface area (Å²) in [5, 5.41) is 24.3.